The van der Waals surface area contributed by atoms with Gasteiger partial charge in [0.25, 0.3) is 11.8 Å². The summed E-state index contributed by atoms with van der Waals surface area (Å²) in [7, 11) is 2.98. The summed E-state index contributed by atoms with van der Waals surface area (Å²) in [5, 5.41) is 0.353. The molecular formula is C20H21ClN2O5. The molecule has 0 saturated heterocycles. The van der Waals surface area contributed by atoms with Crippen molar-refractivity contribution < 1.29 is 23.8 Å². The molecular weight excluding hydrogens is 384 g/mol. The van der Waals surface area contributed by atoms with Crippen LogP contribution in [0, 0.1) is 0 Å². The van der Waals surface area contributed by atoms with Crippen LogP contribution in [0.2, 0.25) is 5.02 Å². The minimum Gasteiger partial charge on any atom is -0.494 e. The molecule has 8 heteroatoms. The number of methoxy groups -OCH3 is 2. The van der Waals surface area contributed by atoms with Gasteiger partial charge in [0.1, 0.15) is 5.75 Å². The van der Waals surface area contributed by atoms with Gasteiger partial charge in [0.05, 0.1) is 25.8 Å². The summed E-state index contributed by atoms with van der Waals surface area (Å²) >= 11 is 6.12. The summed E-state index contributed by atoms with van der Waals surface area (Å²) in [6.45, 7) is 2.42. The van der Waals surface area contributed by atoms with Gasteiger partial charge in [-0.3, -0.25) is 20.4 Å². The van der Waals surface area contributed by atoms with Crippen molar-refractivity contribution in [3.05, 3.63) is 58.6 Å². The van der Waals surface area contributed by atoms with E-state index >= 15 is 0 Å². The zero-order chi connectivity index (χ0) is 20.5. The van der Waals surface area contributed by atoms with Crippen molar-refractivity contribution in [1.29, 1.82) is 0 Å². The van der Waals surface area contributed by atoms with Gasteiger partial charge in [-0.25, -0.2) is 0 Å². The third-order valence-electron chi connectivity index (χ3n) is 3.61. The van der Waals surface area contributed by atoms with Gasteiger partial charge < -0.3 is 14.2 Å². The molecule has 0 aliphatic carbocycles. The van der Waals surface area contributed by atoms with E-state index in [0.717, 1.165) is 0 Å². The number of benzene rings is 2. The van der Waals surface area contributed by atoms with Crippen LogP contribution in [0.15, 0.2) is 42.5 Å². The van der Waals surface area contributed by atoms with E-state index in [1.54, 1.807) is 36.4 Å². The monoisotopic (exact) mass is 404 g/mol. The van der Waals surface area contributed by atoms with Gasteiger partial charge in [-0.2, -0.15) is 0 Å². The summed E-state index contributed by atoms with van der Waals surface area (Å²) < 4.78 is 15.7. The fraction of sp³-hybridized carbons (Fsp3) is 0.200. The Balaban J connectivity index is 1.94. The maximum atomic E-state index is 12.1. The van der Waals surface area contributed by atoms with E-state index in [1.165, 1.54) is 26.4 Å². The minimum atomic E-state index is -0.509. The summed E-state index contributed by atoms with van der Waals surface area (Å²) in [5.74, 6) is 0.566. The van der Waals surface area contributed by atoms with Gasteiger partial charge >= 0.3 is 0 Å². The van der Waals surface area contributed by atoms with Gasteiger partial charge in [-0.15, -0.1) is 0 Å². The second kappa shape index (κ2) is 10.2. The Morgan fingerprint density at radius 1 is 1.07 bits per heavy atom. The number of ether oxygens (including phenoxy) is 3. The van der Waals surface area contributed by atoms with Crippen molar-refractivity contribution >= 4 is 29.5 Å². The zero-order valence-electron chi connectivity index (χ0n) is 15.7. The number of nitrogens with one attached hydrogen (secondary N) is 2. The van der Waals surface area contributed by atoms with Crippen LogP contribution in [-0.4, -0.2) is 32.6 Å². The van der Waals surface area contributed by atoms with Crippen molar-refractivity contribution in [3.63, 3.8) is 0 Å². The standard InChI is InChI=1S/C20H21ClN2O5/c1-4-28-15-8-6-14(7-9-15)20(25)23-22-18(24)10-5-13-11-16(21)19(27-3)17(12-13)26-2/h5-12H,4H2,1-3H3,(H,22,24)(H,23,25)/b10-5+. The molecule has 2 aromatic rings. The average molecular weight is 405 g/mol. The van der Waals surface area contributed by atoms with Crippen molar-refractivity contribution in [3.8, 4) is 17.2 Å². The van der Waals surface area contributed by atoms with Crippen molar-refractivity contribution in [1.82, 2.24) is 10.9 Å². The first kappa shape index (κ1) is 21.1. The predicted octanol–water partition coefficient (Wildman–Crippen LogP) is 3.23. The Morgan fingerprint density at radius 2 is 1.79 bits per heavy atom. The van der Waals surface area contributed by atoms with E-state index in [4.69, 9.17) is 25.8 Å². The van der Waals surface area contributed by atoms with Crippen LogP contribution in [0.1, 0.15) is 22.8 Å². The number of carbonyl (C=O) groups excluding carboxylic acids is 2. The molecule has 28 heavy (non-hydrogen) atoms. The molecule has 7 nitrogen and oxygen atoms in total. The molecule has 0 aliphatic rings. The van der Waals surface area contributed by atoms with Gasteiger partial charge in [-0.05, 0) is 55.0 Å². The van der Waals surface area contributed by atoms with Gasteiger partial charge in [0, 0.05) is 11.6 Å². The quantitative estimate of drug-likeness (QED) is 0.546. The Kier molecular flexibility index (Phi) is 7.71. The van der Waals surface area contributed by atoms with E-state index in [1.807, 2.05) is 6.92 Å². The fourth-order valence-corrected chi connectivity index (χ4v) is 2.60. The SMILES string of the molecule is CCOc1ccc(C(=O)NNC(=O)/C=C/c2cc(Cl)c(OC)c(OC)c2)cc1. The molecule has 2 amide bonds. The molecule has 2 aromatic carbocycles. The van der Waals surface area contributed by atoms with E-state index in [2.05, 4.69) is 10.9 Å². The van der Waals surface area contributed by atoms with Gasteiger partial charge in [0.2, 0.25) is 0 Å². The molecule has 2 N–H and O–H groups in total. The lowest BCUT2D eigenvalue weighted by Gasteiger charge is -2.10. The lowest BCUT2D eigenvalue weighted by atomic mass is 10.2. The lowest BCUT2D eigenvalue weighted by Crippen LogP contribution is -2.40. The second-order valence-corrected chi connectivity index (χ2v) is 5.88. The van der Waals surface area contributed by atoms with Crippen LogP contribution in [0.5, 0.6) is 17.2 Å². The van der Waals surface area contributed by atoms with E-state index in [-0.39, 0.29) is 0 Å². The van der Waals surface area contributed by atoms with Crippen molar-refractivity contribution in [2.45, 2.75) is 6.92 Å². The number of amides is 2. The number of hydrogen-bond donors (Lipinski definition) is 2. The highest BCUT2D eigenvalue weighted by Crippen LogP contribution is 2.36. The molecule has 0 aromatic heterocycles. The normalized spacial score (nSPS) is 10.4. The largest absolute Gasteiger partial charge is 0.494 e. The third kappa shape index (κ3) is 5.65. The van der Waals surface area contributed by atoms with Crippen LogP contribution in [0.25, 0.3) is 6.08 Å². The third-order valence-corrected chi connectivity index (χ3v) is 3.89. The van der Waals surface area contributed by atoms with Crippen LogP contribution < -0.4 is 25.1 Å². The fourth-order valence-electron chi connectivity index (χ4n) is 2.31. The van der Waals surface area contributed by atoms with E-state index in [9.17, 15) is 9.59 Å². The molecule has 0 fully saturated rings. The van der Waals surface area contributed by atoms with Crippen LogP contribution in [0.4, 0.5) is 0 Å². The first-order valence-electron chi connectivity index (χ1n) is 8.41. The molecule has 148 valence electrons. The molecule has 0 heterocycles. The highest BCUT2D eigenvalue weighted by atomic mass is 35.5. The minimum absolute atomic E-state index is 0.353. The molecule has 2 rings (SSSR count). The van der Waals surface area contributed by atoms with Crippen molar-refractivity contribution in [2.75, 3.05) is 20.8 Å². The molecule has 0 unspecified atom stereocenters. The predicted molar refractivity (Wildman–Crippen MR) is 107 cm³/mol. The van der Waals surface area contributed by atoms with Crippen LogP contribution in [-0.2, 0) is 4.79 Å². The first-order valence-corrected chi connectivity index (χ1v) is 8.79. The van der Waals surface area contributed by atoms with E-state index < -0.39 is 11.8 Å². The summed E-state index contributed by atoms with van der Waals surface area (Å²) in [6, 6.07) is 9.88. The molecule has 0 atom stereocenters. The maximum absolute atomic E-state index is 12.1. The van der Waals surface area contributed by atoms with Gasteiger partial charge in [-0.1, -0.05) is 11.6 Å². The smallest absolute Gasteiger partial charge is 0.269 e. The Bertz CT molecular complexity index is 866. The Labute approximate surface area is 168 Å². The van der Waals surface area contributed by atoms with Gasteiger partial charge in [0.15, 0.2) is 11.5 Å². The number of hydrogen-bond acceptors (Lipinski definition) is 5. The maximum Gasteiger partial charge on any atom is 0.269 e. The Hall–Kier alpha value is -3.19. The zero-order valence-corrected chi connectivity index (χ0v) is 16.5. The molecule has 0 saturated carbocycles. The highest BCUT2D eigenvalue weighted by molar-refractivity contribution is 6.32. The second-order valence-electron chi connectivity index (χ2n) is 5.47. The average Bonchev–Trinajstić information content (AvgIpc) is 2.70. The molecule has 0 bridgehead atoms. The Morgan fingerprint density at radius 3 is 2.39 bits per heavy atom. The number of rotatable bonds is 7. The highest BCUT2D eigenvalue weighted by Gasteiger charge is 2.10. The lowest BCUT2D eigenvalue weighted by molar-refractivity contribution is -0.117. The molecule has 0 spiro atoms. The van der Waals surface area contributed by atoms with Crippen LogP contribution >= 0.6 is 11.6 Å². The number of halogens is 1. The topological polar surface area (TPSA) is 85.9 Å². The van der Waals surface area contributed by atoms with Crippen LogP contribution in [0.3, 0.4) is 0 Å². The summed E-state index contributed by atoms with van der Waals surface area (Å²) in [5.41, 5.74) is 5.67. The first-order chi connectivity index (χ1) is 13.5. The molecule has 0 radical (unpaired) electrons. The number of carbonyl (C=O) groups is 2. The molecule has 0 aliphatic heterocycles. The number of hydrazine groups is 1. The van der Waals surface area contributed by atoms with Crippen molar-refractivity contribution in [2.24, 2.45) is 0 Å². The summed E-state index contributed by atoms with van der Waals surface area (Å²) in [6.07, 6.45) is 2.79. The van der Waals surface area contributed by atoms with E-state index in [0.29, 0.717) is 40.0 Å². The summed E-state index contributed by atoms with van der Waals surface area (Å²) in [4.78, 5) is 24.0.